The summed E-state index contributed by atoms with van der Waals surface area (Å²) in [5.74, 6) is 0.194. The van der Waals surface area contributed by atoms with E-state index in [0.717, 1.165) is 11.1 Å². The number of aryl methyl sites for hydroxylation is 1. The molecular weight excluding hydrogens is 326 g/mol. The molecule has 0 radical (unpaired) electrons. The lowest BCUT2D eigenvalue weighted by Crippen LogP contribution is -2.20. The maximum atomic E-state index is 12.4. The van der Waals surface area contributed by atoms with Crippen molar-refractivity contribution in [3.8, 4) is 11.3 Å². The van der Waals surface area contributed by atoms with E-state index in [0.29, 0.717) is 22.4 Å². The lowest BCUT2D eigenvalue weighted by molar-refractivity contribution is -0.115. The van der Waals surface area contributed by atoms with Gasteiger partial charge in [0.15, 0.2) is 5.43 Å². The van der Waals surface area contributed by atoms with Crippen molar-refractivity contribution in [3.05, 3.63) is 64.3 Å². The molecule has 0 saturated heterocycles. The third-order valence-corrected chi connectivity index (χ3v) is 3.86. The van der Waals surface area contributed by atoms with Gasteiger partial charge in [0, 0.05) is 17.3 Å². The molecule has 3 aromatic rings. The van der Waals surface area contributed by atoms with Crippen LogP contribution in [0.15, 0.2) is 57.7 Å². The summed E-state index contributed by atoms with van der Waals surface area (Å²) >= 11 is 5.74. The largest absolute Gasteiger partial charge is 0.456 e. The minimum absolute atomic E-state index is 0.164. The standard InChI is InChI=1S/C19H16ClNO3/c1-11-4-3-5-13(8-11)18-10-16(22)15-9-14(6-7-17(15)24-18)21-19(23)12(2)20/h3-10,12H,1-2H3,(H,21,23). The van der Waals surface area contributed by atoms with Crippen LogP contribution < -0.4 is 10.7 Å². The highest BCUT2D eigenvalue weighted by atomic mass is 35.5. The smallest absolute Gasteiger partial charge is 0.242 e. The van der Waals surface area contributed by atoms with Gasteiger partial charge in [0.1, 0.15) is 16.7 Å². The molecule has 0 bridgehead atoms. The second-order valence-corrected chi connectivity index (χ2v) is 6.32. The average molecular weight is 342 g/mol. The van der Waals surface area contributed by atoms with Crippen LogP contribution in [0, 0.1) is 6.92 Å². The molecule has 5 heteroatoms. The molecule has 0 fully saturated rings. The van der Waals surface area contributed by atoms with Gasteiger partial charge in [0.2, 0.25) is 5.91 Å². The first-order valence-corrected chi connectivity index (χ1v) is 7.97. The van der Waals surface area contributed by atoms with Gasteiger partial charge < -0.3 is 9.73 Å². The summed E-state index contributed by atoms with van der Waals surface area (Å²) in [6, 6.07) is 14.2. The van der Waals surface area contributed by atoms with Crippen molar-refractivity contribution < 1.29 is 9.21 Å². The quantitative estimate of drug-likeness (QED) is 0.721. The fourth-order valence-corrected chi connectivity index (χ4v) is 2.47. The molecule has 0 spiro atoms. The van der Waals surface area contributed by atoms with E-state index in [1.165, 1.54) is 6.07 Å². The number of carbonyl (C=O) groups excluding carboxylic acids is 1. The van der Waals surface area contributed by atoms with Crippen molar-refractivity contribution in [3.63, 3.8) is 0 Å². The Kier molecular flexibility index (Phi) is 4.40. The van der Waals surface area contributed by atoms with Gasteiger partial charge in [-0.05, 0) is 38.1 Å². The van der Waals surface area contributed by atoms with Crippen molar-refractivity contribution in [1.29, 1.82) is 0 Å². The number of amides is 1. The molecule has 1 N–H and O–H groups in total. The number of hydrogen-bond acceptors (Lipinski definition) is 3. The third-order valence-electron chi connectivity index (χ3n) is 3.66. The van der Waals surface area contributed by atoms with Crippen LogP contribution in [-0.2, 0) is 4.79 Å². The highest BCUT2D eigenvalue weighted by molar-refractivity contribution is 6.32. The third kappa shape index (κ3) is 3.34. The van der Waals surface area contributed by atoms with Crippen LogP contribution in [0.25, 0.3) is 22.3 Å². The second kappa shape index (κ2) is 6.49. The molecule has 1 atom stereocenters. The zero-order chi connectivity index (χ0) is 17.3. The number of alkyl halides is 1. The van der Waals surface area contributed by atoms with Crippen LogP contribution in [0.4, 0.5) is 5.69 Å². The number of anilines is 1. The molecular formula is C19H16ClNO3. The first kappa shape index (κ1) is 16.3. The number of carbonyl (C=O) groups is 1. The maximum absolute atomic E-state index is 12.4. The molecule has 2 aromatic carbocycles. The Morgan fingerprint density at radius 3 is 2.67 bits per heavy atom. The number of fused-ring (bicyclic) bond motifs is 1. The molecule has 1 amide bonds. The van der Waals surface area contributed by atoms with Crippen LogP contribution in [0.5, 0.6) is 0 Å². The predicted octanol–water partition coefficient (Wildman–Crippen LogP) is 4.33. The molecule has 0 aliphatic carbocycles. The van der Waals surface area contributed by atoms with E-state index in [2.05, 4.69) is 5.32 Å². The first-order valence-electron chi connectivity index (χ1n) is 7.54. The van der Waals surface area contributed by atoms with E-state index < -0.39 is 5.38 Å². The van der Waals surface area contributed by atoms with Gasteiger partial charge in [-0.25, -0.2) is 0 Å². The first-order chi connectivity index (χ1) is 11.4. The summed E-state index contributed by atoms with van der Waals surface area (Å²) in [6.45, 7) is 3.57. The van der Waals surface area contributed by atoms with Gasteiger partial charge in [-0.15, -0.1) is 11.6 Å². The Morgan fingerprint density at radius 1 is 1.17 bits per heavy atom. The van der Waals surface area contributed by atoms with E-state index in [4.69, 9.17) is 16.0 Å². The summed E-state index contributed by atoms with van der Waals surface area (Å²) in [5, 5.41) is 2.42. The summed E-state index contributed by atoms with van der Waals surface area (Å²) in [7, 11) is 0. The van der Waals surface area contributed by atoms with Crippen LogP contribution >= 0.6 is 11.6 Å². The van der Waals surface area contributed by atoms with Crippen molar-refractivity contribution in [1.82, 2.24) is 0 Å². The summed E-state index contributed by atoms with van der Waals surface area (Å²) in [6.07, 6.45) is 0. The Hall–Kier alpha value is -2.59. The van der Waals surface area contributed by atoms with Crippen molar-refractivity contribution in [2.24, 2.45) is 0 Å². The van der Waals surface area contributed by atoms with Crippen LogP contribution in [-0.4, -0.2) is 11.3 Å². The lowest BCUT2D eigenvalue weighted by atomic mass is 10.1. The highest BCUT2D eigenvalue weighted by Crippen LogP contribution is 2.24. The number of hydrogen-bond donors (Lipinski definition) is 1. The zero-order valence-electron chi connectivity index (χ0n) is 13.3. The number of benzene rings is 2. The monoisotopic (exact) mass is 341 g/mol. The number of rotatable bonds is 3. The van der Waals surface area contributed by atoms with Gasteiger partial charge in [-0.1, -0.05) is 23.8 Å². The van der Waals surface area contributed by atoms with Gasteiger partial charge >= 0.3 is 0 Å². The lowest BCUT2D eigenvalue weighted by Gasteiger charge is -2.08. The molecule has 24 heavy (non-hydrogen) atoms. The number of nitrogens with one attached hydrogen (secondary N) is 1. The van der Waals surface area contributed by atoms with Crippen molar-refractivity contribution >= 4 is 34.2 Å². The minimum atomic E-state index is -0.652. The Balaban J connectivity index is 2.04. The van der Waals surface area contributed by atoms with Gasteiger partial charge in [-0.3, -0.25) is 9.59 Å². The van der Waals surface area contributed by atoms with E-state index in [1.807, 2.05) is 31.2 Å². The van der Waals surface area contributed by atoms with Gasteiger partial charge in [0.25, 0.3) is 0 Å². The van der Waals surface area contributed by atoms with Gasteiger partial charge in [0.05, 0.1) is 5.39 Å². The Labute approximate surface area is 144 Å². The highest BCUT2D eigenvalue weighted by Gasteiger charge is 2.12. The molecule has 3 rings (SSSR count). The summed E-state index contributed by atoms with van der Waals surface area (Å²) in [5.41, 5.74) is 2.75. The molecule has 1 unspecified atom stereocenters. The SMILES string of the molecule is Cc1cccc(-c2cc(=O)c3cc(NC(=O)C(C)Cl)ccc3o2)c1. The minimum Gasteiger partial charge on any atom is -0.456 e. The van der Waals surface area contributed by atoms with Crippen LogP contribution in [0.2, 0.25) is 0 Å². The fourth-order valence-electron chi connectivity index (χ4n) is 2.42. The molecule has 4 nitrogen and oxygen atoms in total. The normalized spacial score (nSPS) is 12.1. The van der Waals surface area contributed by atoms with E-state index >= 15 is 0 Å². The second-order valence-electron chi connectivity index (χ2n) is 5.66. The van der Waals surface area contributed by atoms with Gasteiger partial charge in [-0.2, -0.15) is 0 Å². The average Bonchev–Trinajstić information content (AvgIpc) is 2.55. The summed E-state index contributed by atoms with van der Waals surface area (Å²) in [4.78, 5) is 24.1. The molecule has 0 aliphatic rings. The Morgan fingerprint density at radius 2 is 1.96 bits per heavy atom. The molecule has 0 saturated carbocycles. The Bertz CT molecular complexity index is 976. The van der Waals surface area contributed by atoms with Crippen molar-refractivity contribution in [2.45, 2.75) is 19.2 Å². The van der Waals surface area contributed by atoms with E-state index in [1.54, 1.807) is 25.1 Å². The predicted molar refractivity (Wildman–Crippen MR) is 96.6 cm³/mol. The summed E-state index contributed by atoms with van der Waals surface area (Å²) < 4.78 is 5.85. The van der Waals surface area contributed by atoms with Crippen LogP contribution in [0.3, 0.4) is 0 Å². The van der Waals surface area contributed by atoms with E-state index in [9.17, 15) is 9.59 Å². The molecule has 0 aliphatic heterocycles. The van der Waals surface area contributed by atoms with Crippen LogP contribution in [0.1, 0.15) is 12.5 Å². The number of halogens is 1. The topological polar surface area (TPSA) is 59.3 Å². The van der Waals surface area contributed by atoms with Crippen molar-refractivity contribution in [2.75, 3.05) is 5.32 Å². The molecule has 1 aromatic heterocycles. The maximum Gasteiger partial charge on any atom is 0.242 e. The molecule has 1 heterocycles. The van der Waals surface area contributed by atoms with E-state index in [-0.39, 0.29) is 11.3 Å². The molecule has 122 valence electrons. The fraction of sp³-hybridized carbons (Fsp3) is 0.158. The zero-order valence-corrected chi connectivity index (χ0v) is 14.1.